The molecule has 0 amide bonds. The zero-order valence-electron chi connectivity index (χ0n) is 13.3. The lowest BCUT2D eigenvalue weighted by atomic mass is 9.67. The molecule has 2 aromatic rings. The molecular weight excluding hydrogens is 266 g/mol. The van der Waals surface area contributed by atoms with Gasteiger partial charge in [0, 0.05) is 5.41 Å². The van der Waals surface area contributed by atoms with Gasteiger partial charge in [0.05, 0.1) is 6.04 Å². The largest absolute Gasteiger partial charge is 0.293 e. The number of rotatable bonds is 2. The van der Waals surface area contributed by atoms with Gasteiger partial charge in [-0.2, -0.15) is 0 Å². The van der Waals surface area contributed by atoms with Crippen molar-refractivity contribution < 1.29 is 0 Å². The molecule has 2 aromatic carbocycles. The first kappa shape index (κ1) is 13.8. The Balaban J connectivity index is 1.95. The molecule has 1 nitrogen and oxygen atoms in total. The molecular formula is C21H23N. The van der Waals surface area contributed by atoms with E-state index in [1.54, 1.807) is 11.1 Å². The minimum atomic E-state index is 0.176. The summed E-state index contributed by atoms with van der Waals surface area (Å²) in [6.07, 6.45) is 6.64. The molecule has 0 heterocycles. The SMILES string of the molecule is C=NC(C)c1ccc2c(c1)C1(CCCCC1)c1ccccc1-2. The first-order valence-electron chi connectivity index (χ1n) is 8.46. The maximum atomic E-state index is 4.22. The van der Waals surface area contributed by atoms with Crippen LogP contribution in [0.15, 0.2) is 47.5 Å². The average Bonchev–Trinajstić information content (AvgIpc) is 2.85. The van der Waals surface area contributed by atoms with Gasteiger partial charge in [-0.1, -0.05) is 61.7 Å². The normalized spacial score (nSPS) is 19.5. The van der Waals surface area contributed by atoms with E-state index >= 15 is 0 Å². The Morgan fingerprint density at radius 1 is 0.955 bits per heavy atom. The Labute approximate surface area is 133 Å². The predicted octanol–water partition coefficient (Wildman–Crippen LogP) is 5.68. The van der Waals surface area contributed by atoms with Crippen molar-refractivity contribution in [3.63, 3.8) is 0 Å². The van der Waals surface area contributed by atoms with Crippen LogP contribution < -0.4 is 0 Å². The quantitative estimate of drug-likeness (QED) is 0.631. The molecule has 1 unspecified atom stereocenters. The zero-order chi connectivity index (χ0) is 15.2. The number of fused-ring (bicyclic) bond motifs is 5. The Morgan fingerprint density at radius 2 is 1.68 bits per heavy atom. The summed E-state index contributed by atoms with van der Waals surface area (Å²) in [5, 5.41) is 0. The number of hydrogen-bond donors (Lipinski definition) is 0. The molecule has 112 valence electrons. The van der Waals surface area contributed by atoms with Crippen molar-refractivity contribution in [2.24, 2.45) is 4.99 Å². The fourth-order valence-electron chi connectivity index (χ4n) is 4.53. The fourth-order valence-corrected chi connectivity index (χ4v) is 4.53. The number of aliphatic imine (C=N–C) groups is 1. The maximum absolute atomic E-state index is 4.22. The monoisotopic (exact) mass is 289 g/mol. The molecule has 1 saturated carbocycles. The summed E-state index contributed by atoms with van der Waals surface area (Å²) in [5.41, 5.74) is 7.54. The molecule has 0 bridgehead atoms. The van der Waals surface area contributed by atoms with Crippen molar-refractivity contribution in [3.8, 4) is 11.1 Å². The van der Waals surface area contributed by atoms with E-state index in [4.69, 9.17) is 0 Å². The van der Waals surface area contributed by atoms with E-state index < -0.39 is 0 Å². The van der Waals surface area contributed by atoms with Crippen molar-refractivity contribution in [3.05, 3.63) is 59.2 Å². The van der Waals surface area contributed by atoms with Crippen molar-refractivity contribution in [2.75, 3.05) is 0 Å². The van der Waals surface area contributed by atoms with Crippen molar-refractivity contribution in [1.82, 2.24) is 0 Å². The molecule has 1 fully saturated rings. The highest BCUT2D eigenvalue weighted by molar-refractivity contribution is 5.81. The van der Waals surface area contributed by atoms with Gasteiger partial charge in [0.2, 0.25) is 0 Å². The molecule has 1 spiro atoms. The first-order valence-corrected chi connectivity index (χ1v) is 8.46. The molecule has 22 heavy (non-hydrogen) atoms. The second-order valence-corrected chi connectivity index (χ2v) is 6.85. The van der Waals surface area contributed by atoms with Crippen LogP contribution in [0.1, 0.15) is 61.8 Å². The van der Waals surface area contributed by atoms with Gasteiger partial charge in [-0.15, -0.1) is 0 Å². The topological polar surface area (TPSA) is 12.4 Å². The molecule has 0 aromatic heterocycles. The molecule has 2 aliphatic carbocycles. The van der Waals surface area contributed by atoms with E-state index in [9.17, 15) is 0 Å². The molecule has 1 heteroatoms. The molecule has 2 aliphatic rings. The van der Waals surface area contributed by atoms with E-state index in [2.05, 4.69) is 61.1 Å². The molecule has 0 N–H and O–H groups in total. The smallest absolute Gasteiger partial charge is 0.0713 e. The minimum Gasteiger partial charge on any atom is -0.293 e. The van der Waals surface area contributed by atoms with Gasteiger partial charge in [-0.3, -0.25) is 4.99 Å². The van der Waals surface area contributed by atoms with Gasteiger partial charge in [0.25, 0.3) is 0 Å². The van der Waals surface area contributed by atoms with Gasteiger partial charge in [-0.05, 0) is 54.3 Å². The van der Waals surface area contributed by atoms with Gasteiger partial charge in [0.15, 0.2) is 0 Å². The lowest BCUT2D eigenvalue weighted by molar-refractivity contribution is 0.352. The number of nitrogens with zero attached hydrogens (tertiary/aromatic N) is 1. The summed E-state index contributed by atoms with van der Waals surface area (Å²) >= 11 is 0. The standard InChI is InChI=1S/C21H23N/c1-15(22-2)16-10-11-18-17-8-4-5-9-19(17)21(20(18)14-16)12-6-3-7-13-21/h4-5,8-11,14-15H,2-3,6-7,12-13H2,1H3. The van der Waals surface area contributed by atoms with Crippen LogP contribution in [0.2, 0.25) is 0 Å². The molecule has 0 radical (unpaired) electrons. The Bertz CT molecular complexity index is 722. The molecule has 0 saturated heterocycles. The fraction of sp³-hybridized carbons (Fsp3) is 0.381. The second-order valence-electron chi connectivity index (χ2n) is 6.85. The van der Waals surface area contributed by atoms with Crippen LogP contribution in [0, 0.1) is 0 Å². The molecule has 1 atom stereocenters. The number of hydrogen-bond acceptors (Lipinski definition) is 1. The van der Waals surface area contributed by atoms with E-state index in [0.717, 1.165) is 0 Å². The minimum absolute atomic E-state index is 0.176. The Morgan fingerprint density at radius 3 is 2.45 bits per heavy atom. The van der Waals surface area contributed by atoms with Gasteiger partial charge >= 0.3 is 0 Å². The lowest BCUT2D eigenvalue weighted by Gasteiger charge is -2.36. The highest BCUT2D eigenvalue weighted by atomic mass is 14.7. The summed E-state index contributed by atoms with van der Waals surface area (Å²) in [6.45, 7) is 5.85. The van der Waals surface area contributed by atoms with Crippen molar-refractivity contribution in [1.29, 1.82) is 0 Å². The summed E-state index contributed by atoms with van der Waals surface area (Å²) in [7, 11) is 0. The van der Waals surface area contributed by atoms with Crippen molar-refractivity contribution >= 4 is 6.72 Å². The third kappa shape index (κ3) is 1.81. The number of benzene rings is 2. The van der Waals surface area contributed by atoms with E-state index in [1.807, 2.05) is 0 Å². The van der Waals surface area contributed by atoms with Crippen LogP contribution in [0.25, 0.3) is 11.1 Å². The van der Waals surface area contributed by atoms with Crippen LogP contribution >= 0.6 is 0 Å². The van der Waals surface area contributed by atoms with E-state index in [0.29, 0.717) is 0 Å². The van der Waals surface area contributed by atoms with Gasteiger partial charge in [0.1, 0.15) is 0 Å². The third-order valence-electron chi connectivity index (χ3n) is 5.76. The molecule has 0 aliphatic heterocycles. The molecule has 4 rings (SSSR count). The summed E-state index contributed by atoms with van der Waals surface area (Å²) in [6, 6.07) is 16.2. The van der Waals surface area contributed by atoms with Crippen LogP contribution in [0.4, 0.5) is 0 Å². The summed E-state index contributed by atoms with van der Waals surface area (Å²) in [5.74, 6) is 0. The van der Waals surface area contributed by atoms with Crippen LogP contribution in [-0.4, -0.2) is 6.72 Å². The summed E-state index contributed by atoms with van der Waals surface area (Å²) < 4.78 is 0. The highest BCUT2D eigenvalue weighted by Gasteiger charge is 2.43. The van der Waals surface area contributed by atoms with Gasteiger partial charge < -0.3 is 0 Å². The Hall–Kier alpha value is -1.89. The predicted molar refractivity (Wildman–Crippen MR) is 93.7 cm³/mol. The van der Waals surface area contributed by atoms with E-state index in [-0.39, 0.29) is 11.5 Å². The lowest BCUT2D eigenvalue weighted by Crippen LogP contribution is -2.28. The van der Waals surface area contributed by atoms with Gasteiger partial charge in [-0.25, -0.2) is 0 Å². The van der Waals surface area contributed by atoms with E-state index in [1.165, 1.54) is 48.8 Å². The summed E-state index contributed by atoms with van der Waals surface area (Å²) in [4.78, 5) is 4.22. The van der Waals surface area contributed by atoms with Crippen LogP contribution in [0.3, 0.4) is 0 Å². The highest BCUT2D eigenvalue weighted by Crippen LogP contribution is 2.55. The van der Waals surface area contributed by atoms with Crippen LogP contribution in [0.5, 0.6) is 0 Å². The Kier molecular flexibility index (Phi) is 3.18. The zero-order valence-corrected chi connectivity index (χ0v) is 13.3. The third-order valence-corrected chi connectivity index (χ3v) is 5.76. The first-order chi connectivity index (χ1) is 10.8. The second kappa shape index (κ2) is 5.08. The van der Waals surface area contributed by atoms with Crippen LogP contribution in [-0.2, 0) is 5.41 Å². The maximum Gasteiger partial charge on any atom is 0.0713 e. The average molecular weight is 289 g/mol. The van der Waals surface area contributed by atoms with Crippen molar-refractivity contribution in [2.45, 2.75) is 50.5 Å².